The van der Waals surface area contributed by atoms with Crippen LogP contribution in [0.15, 0.2) is 106 Å². The number of hydrogen-bond donors (Lipinski definition) is 2. The lowest BCUT2D eigenvalue weighted by Crippen LogP contribution is -2.11. The van der Waals surface area contributed by atoms with Crippen molar-refractivity contribution in [3.05, 3.63) is 147 Å². The Labute approximate surface area is 260 Å². The zero-order valence-corrected chi connectivity index (χ0v) is 24.3. The first-order valence-electron chi connectivity index (χ1n) is 14.3. The van der Waals surface area contributed by atoms with Crippen LogP contribution in [0.5, 0.6) is 5.75 Å². The Kier molecular flexibility index (Phi) is 9.80. The lowest BCUT2D eigenvalue weighted by atomic mass is 9.91. The highest BCUT2D eigenvalue weighted by Gasteiger charge is 2.33. The van der Waals surface area contributed by atoms with Gasteiger partial charge in [0.05, 0.1) is 11.1 Å². The number of nitrogens with zero attached hydrogens (tertiary/aromatic N) is 1. The van der Waals surface area contributed by atoms with Crippen molar-refractivity contribution in [1.29, 1.82) is 0 Å². The molecule has 11 heteroatoms. The van der Waals surface area contributed by atoms with Crippen LogP contribution in [0.4, 0.5) is 17.6 Å². The molecule has 0 aliphatic carbocycles. The van der Waals surface area contributed by atoms with Gasteiger partial charge in [0.15, 0.2) is 5.82 Å². The van der Waals surface area contributed by atoms with Crippen molar-refractivity contribution in [2.45, 2.75) is 32.0 Å². The van der Waals surface area contributed by atoms with Gasteiger partial charge in [-0.1, -0.05) is 71.9 Å². The van der Waals surface area contributed by atoms with E-state index in [-0.39, 0.29) is 29.4 Å². The smallest absolute Gasteiger partial charge is 0.439 e. The monoisotopic (exact) mass is 632 g/mol. The average molecular weight is 633 g/mol. The summed E-state index contributed by atoms with van der Waals surface area (Å²) in [6.07, 6.45) is 0.884. The summed E-state index contributed by atoms with van der Waals surface area (Å²) in [5.74, 6) is -1.76. The number of allylic oxidation sites excluding steroid dienone is 1. The van der Waals surface area contributed by atoms with Gasteiger partial charge in [-0.2, -0.15) is 13.2 Å². The summed E-state index contributed by atoms with van der Waals surface area (Å²) in [5, 5.41) is 12.9. The van der Waals surface area contributed by atoms with E-state index in [4.69, 9.17) is 4.74 Å². The van der Waals surface area contributed by atoms with Gasteiger partial charge in [-0.25, -0.2) is 14.0 Å². The van der Waals surface area contributed by atoms with Crippen LogP contribution >= 0.6 is 0 Å². The largest absolute Gasteiger partial charge is 0.488 e. The van der Waals surface area contributed by atoms with Crippen molar-refractivity contribution in [2.24, 2.45) is 5.92 Å². The number of aryl methyl sites for hydroxylation is 1. The van der Waals surface area contributed by atoms with Crippen molar-refractivity contribution >= 4 is 12.0 Å². The quantitative estimate of drug-likeness (QED) is 0.135. The first-order valence-corrected chi connectivity index (χ1v) is 14.3. The molecule has 4 aromatic carbocycles. The first-order chi connectivity index (χ1) is 22.0. The van der Waals surface area contributed by atoms with E-state index in [1.807, 2.05) is 30.3 Å². The number of rotatable bonds is 12. The Morgan fingerprint density at radius 3 is 2.37 bits per heavy atom. The van der Waals surface area contributed by atoms with Crippen molar-refractivity contribution in [2.75, 3.05) is 0 Å². The molecule has 2 N–H and O–H groups in total. The third kappa shape index (κ3) is 8.38. The Bertz CT molecular complexity index is 1880. The van der Waals surface area contributed by atoms with Crippen LogP contribution in [-0.2, 0) is 25.6 Å². The van der Waals surface area contributed by atoms with E-state index in [0.717, 1.165) is 17.2 Å². The van der Waals surface area contributed by atoms with Gasteiger partial charge >= 0.3 is 17.9 Å². The van der Waals surface area contributed by atoms with E-state index < -0.39 is 29.3 Å². The highest BCUT2D eigenvalue weighted by atomic mass is 19.4. The van der Waals surface area contributed by atoms with Crippen LogP contribution in [0.25, 0.3) is 17.5 Å². The number of aromatic amines is 1. The summed E-state index contributed by atoms with van der Waals surface area (Å²) in [6, 6.07) is 22.9. The summed E-state index contributed by atoms with van der Waals surface area (Å²) in [4.78, 5) is 25.1. The SMILES string of the molecule is O=C(O)c1ccc(CC(C=Cc2cc(F)ccc2OCc2ccccc2C(F)(F)F)CCc2ccc(-c3noc(=O)[nH]3)cc2)cc1. The average Bonchev–Trinajstić information content (AvgIpc) is 3.48. The maximum atomic E-state index is 14.3. The van der Waals surface area contributed by atoms with Crippen molar-refractivity contribution < 1.29 is 36.7 Å². The second-order valence-electron chi connectivity index (χ2n) is 10.6. The molecule has 1 atom stereocenters. The number of carboxylic acids is 1. The molecule has 0 saturated heterocycles. The van der Waals surface area contributed by atoms with E-state index in [0.29, 0.717) is 36.2 Å². The number of benzene rings is 4. The maximum Gasteiger partial charge on any atom is 0.439 e. The fourth-order valence-corrected chi connectivity index (χ4v) is 4.99. The molecule has 1 aromatic heterocycles. The molecule has 0 bridgehead atoms. The number of alkyl halides is 3. The van der Waals surface area contributed by atoms with E-state index in [2.05, 4.69) is 14.7 Å². The zero-order valence-electron chi connectivity index (χ0n) is 24.3. The van der Waals surface area contributed by atoms with Gasteiger partial charge in [0, 0.05) is 16.7 Å². The van der Waals surface area contributed by atoms with E-state index in [1.54, 1.807) is 18.2 Å². The van der Waals surface area contributed by atoms with E-state index >= 15 is 0 Å². The Hall–Kier alpha value is -5.45. The topological polar surface area (TPSA) is 105 Å². The predicted octanol–water partition coefficient (Wildman–Crippen LogP) is 7.97. The molecule has 1 heterocycles. The number of halogens is 4. The minimum Gasteiger partial charge on any atom is -0.488 e. The van der Waals surface area contributed by atoms with Crippen LogP contribution in [-0.4, -0.2) is 21.2 Å². The van der Waals surface area contributed by atoms with Gasteiger partial charge in [0.1, 0.15) is 18.2 Å². The second-order valence-corrected chi connectivity index (χ2v) is 10.6. The van der Waals surface area contributed by atoms with Gasteiger partial charge in [-0.05, 0) is 72.7 Å². The van der Waals surface area contributed by atoms with Crippen molar-refractivity contribution in [3.63, 3.8) is 0 Å². The number of carbonyl (C=O) groups is 1. The Morgan fingerprint density at radius 2 is 1.70 bits per heavy atom. The van der Waals surface area contributed by atoms with Gasteiger partial charge in [0.2, 0.25) is 0 Å². The molecule has 5 aromatic rings. The zero-order chi connectivity index (χ0) is 32.7. The number of H-pyrrole nitrogens is 1. The van der Waals surface area contributed by atoms with E-state index in [1.165, 1.54) is 48.5 Å². The molecule has 0 aliphatic heterocycles. The molecule has 1 unspecified atom stereocenters. The summed E-state index contributed by atoms with van der Waals surface area (Å²) >= 11 is 0. The Morgan fingerprint density at radius 1 is 0.978 bits per heavy atom. The highest BCUT2D eigenvalue weighted by molar-refractivity contribution is 5.87. The van der Waals surface area contributed by atoms with Crippen LogP contribution in [0.2, 0.25) is 0 Å². The number of carboxylic acid groups (broad SMARTS) is 1. The Balaban J connectivity index is 1.35. The van der Waals surface area contributed by atoms with Crippen LogP contribution in [0.1, 0.15) is 44.6 Å². The number of ether oxygens (including phenoxy) is 1. The molecular formula is C35H28F4N2O5. The molecule has 0 amide bonds. The number of aromatic carboxylic acids is 1. The molecule has 46 heavy (non-hydrogen) atoms. The van der Waals surface area contributed by atoms with Gasteiger partial charge < -0.3 is 9.84 Å². The number of hydrogen-bond acceptors (Lipinski definition) is 5. The molecule has 0 radical (unpaired) electrons. The third-order valence-electron chi connectivity index (χ3n) is 7.40. The summed E-state index contributed by atoms with van der Waals surface area (Å²) in [7, 11) is 0. The summed E-state index contributed by atoms with van der Waals surface area (Å²) < 4.78 is 65.1. The van der Waals surface area contributed by atoms with Gasteiger partial charge in [-0.15, -0.1) is 0 Å². The van der Waals surface area contributed by atoms with Crippen LogP contribution in [0.3, 0.4) is 0 Å². The molecule has 0 spiro atoms. The summed E-state index contributed by atoms with van der Waals surface area (Å²) in [5.41, 5.74) is 2.26. The van der Waals surface area contributed by atoms with Crippen LogP contribution < -0.4 is 10.5 Å². The standard InChI is InChI=1S/C35H28F4N2O5/c36-29-17-18-31(45-21-28-3-1-2-4-30(28)35(37,38)39)27(20-29)16-11-23(19-24-9-14-26(15-10-24)33(42)43)6-5-22-7-12-25(13-8-22)32-40-34(44)46-41-32/h1-4,7-18,20,23H,5-6,19,21H2,(H,42,43)(H,40,41,44). The second kappa shape index (κ2) is 14.1. The van der Waals surface area contributed by atoms with Gasteiger partial charge in [0.25, 0.3) is 0 Å². The minimum absolute atomic E-state index is 0.0436. The maximum absolute atomic E-state index is 14.3. The normalized spacial score (nSPS) is 12.3. The van der Waals surface area contributed by atoms with Crippen LogP contribution in [0, 0.1) is 11.7 Å². The molecule has 236 valence electrons. The number of aromatic nitrogens is 2. The fourth-order valence-electron chi connectivity index (χ4n) is 4.99. The molecule has 0 saturated carbocycles. The van der Waals surface area contributed by atoms with Crippen molar-refractivity contribution in [1.82, 2.24) is 10.1 Å². The molecular weight excluding hydrogens is 604 g/mol. The lowest BCUT2D eigenvalue weighted by Gasteiger charge is -2.16. The molecule has 5 rings (SSSR count). The molecule has 0 aliphatic rings. The van der Waals surface area contributed by atoms with Gasteiger partial charge in [-0.3, -0.25) is 9.51 Å². The lowest BCUT2D eigenvalue weighted by molar-refractivity contribution is -0.138. The fraction of sp³-hybridized carbons (Fsp3) is 0.171. The number of nitrogens with one attached hydrogen (secondary N) is 1. The summed E-state index contributed by atoms with van der Waals surface area (Å²) in [6.45, 7) is -0.361. The van der Waals surface area contributed by atoms with Crippen molar-refractivity contribution in [3.8, 4) is 17.1 Å². The molecule has 0 fully saturated rings. The highest BCUT2D eigenvalue weighted by Crippen LogP contribution is 2.33. The van der Waals surface area contributed by atoms with E-state index in [9.17, 15) is 32.3 Å². The molecule has 7 nitrogen and oxygen atoms in total. The third-order valence-corrected chi connectivity index (χ3v) is 7.40. The predicted molar refractivity (Wildman–Crippen MR) is 163 cm³/mol. The minimum atomic E-state index is -4.54. The first kappa shape index (κ1) is 32.0.